The van der Waals surface area contributed by atoms with E-state index >= 15 is 0 Å². The lowest BCUT2D eigenvalue weighted by Gasteiger charge is -2.12. The minimum absolute atomic E-state index is 0.00689. The van der Waals surface area contributed by atoms with Crippen molar-refractivity contribution in [3.63, 3.8) is 0 Å². The van der Waals surface area contributed by atoms with Gasteiger partial charge >= 0.3 is 5.97 Å². The fourth-order valence-corrected chi connectivity index (χ4v) is 1.62. The van der Waals surface area contributed by atoms with Crippen molar-refractivity contribution in [1.82, 2.24) is 5.32 Å². The van der Waals surface area contributed by atoms with Gasteiger partial charge in [-0.05, 0) is 26.0 Å². The summed E-state index contributed by atoms with van der Waals surface area (Å²) < 4.78 is 15.2. The Balaban J connectivity index is 2.75. The summed E-state index contributed by atoms with van der Waals surface area (Å²) in [5.41, 5.74) is 0.212. The molecule has 0 spiro atoms. The smallest absolute Gasteiger partial charge is 0.342 e. The van der Waals surface area contributed by atoms with E-state index in [9.17, 15) is 9.59 Å². The topological polar surface area (TPSA) is 73.9 Å². The molecule has 0 heterocycles. The minimum atomic E-state index is -0.639. The first-order chi connectivity index (χ1) is 9.49. The summed E-state index contributed by atoms with van der Waals surface area (Å²) in [5.74, 6) is -0.285. The summed E-state index contributed by atoms with van der Waals surface area (Å²) in [4.78, 5) is 23.4. The Morgan fingerprint density at radius 2 is 1.90 bits per heavy atom. The molecule has 0 bridgehead atoms. The highest BCUT2D eigenvalue weighted by Crippen LogP contribution is 2.30. The third-order valence-corrected chi connectivity index (χ3v) is 2.41. The average molecular weight is 281 g/mol. The lowest BCUT2D eigenvalue weighted by molar-refractivity contribution is -0.124. The third kappa shape index (κ3) is 4.15. The Hall–Kier alpha value is -2.24. The molecule has 20 heavy (non-hydrogen) atoms. The molecule has 0 fully saturated rings. The van der Waals surface area contributed by atoms with Crippen molar-refractivity contribution < 1.29 is 23.8 Å². The van der Waals surface area contributed by atoms with E-state index < -0.39 is 5.97 Å². The van der Waals surface area contributed by atoms with Gasteiger partial charge in [0.25, 0.3) is 5.91 Å². The molecular formula is C14H19NO5. The van der Waals surface area contributed by atoms with Gasteiger partial charge in [-0.3, -0.25) is 4.79 Å². The predicted molar refractivity (Wildman–Crippen MR) is 73.1 cm³/mol. The number of amides is 1. The van der Waals surface area contributed by atoms with Crippen molar-refractivity contribution in [3.8, 4) is 11.5 Å². The van der Waals surface area contributed by atoms with Crippen LogP contribution in [0.2, 0.25) is 0 Å². The van der Waals surface area contributed by atoms with Crippen LogP contribution in [0.3, 0.4) is 0 Å². The van der Waals surface area contributed by atoms with Gasteiger partial charge in [-0.25, -0.2) is 4.79 Å². The molecule has 1 rings (SSSR count). The van der Waals surface area contributed by atoms with Gasteiger partial charge in [0, 0.05) is 6.04 Å². The number of rotatable bonds is 6. The molecule has 0 saturated heterocycles. The van der Waals surface area contributed by atoms with Gasteiger partial charge in [0.1, 0.15) is 5.56 Å². The van der Waals surface area contributed by atoms with E-state index in [-0.39, 0.29) is 29.9 Å². The number of hydrogen-bond donors (Lipinski definition) is 1. The number of carbonyl (C=O) groups is 2. The Kier molecular flexibility index (Phi) is 5.83. The summed E-state index contributed by atoms with van der Waals surface area (Å²) in [6.45, 7) is 3.31. The van der Waals surface area contributed by atoms with Gasteiger partial charge in [0.2, 0.25) is 0 Å². The number of carbonyl (C=O) groups excluding carboxylic acids is 2. The Morgan fingerprint density at radius 1 is 1.20 bits per heavy atom. The average Bonchev–Trinajstić information content (AvgIpc) is 2.42. The van der Waals surface area contributed by atoms with E-state index in [1.54, 1.807) is 18.2 Å². The predicted octanol–water partition coefficient (Wildman–Crippen LogP) is 1.39. The second kappa shape index (κ2) is 7.37. The SMILES string of the molecule is COc1cccc(C(=O)OCC(=O)NC(C)C)c1OC. The molecule has 0 aliphatic heterocycles. The first kappa shape index (κ1) is 15.8. The number of para-hydroxylation sites is 1. The van der Waals surface area contributed by atoms with Crippen LogP contribution in [-0.2, 0) is 9.53 Å². The van der Waals surface area contributed by atoms with Crippen LogP contribution in [0.1, 0.15) is 24.2 Å². The number of benzene rings is 1. The van der Waals surface area contributed by atoms with Crippen molar-refractivity contribution in [2.45, 2.75) is 19.9 Å². The van der Waals surface area contributed by atoms with Crippen LogP contribution < -0.4 is 14.8 Å². The molecule has 0 aliphatic rings. The molecule has 0 saturated carbocycles. The summed E-state index contributed by atoms with van der Waals surface area (Å²) in [7, 11) is 2.91. The molecule has 0 unspecified atom stereocenters. The van der Waals surface area contributed by atoms with E-state index in [2.05, 4.69) is 5.32 Å². The van der Waals surface area contributed by atoms with Crippen molar-refractivity contribution in [3.05, 3.63) is 23.8 Å². The Morgan fingerprint density at radius 3 is 2.45 bits per heavy atom. The summed E-state index contributed by atoms with van der Waals surface area (Å²) in [6.07, 6.45) is 0. The maximum absolute atomic E-state index is 11.9. The maximum atomic E-state index is 11.9. The van der Waals surface area contributed by atoms with Crippen LogP contribution >= 0.6 is 0 Å². The summed E-state index contributed by atoms with van der Waals surface area (Å²) in [5, 5.41) is 2.63. The summed E-state index contributed by atoms with van der Waals surface area (Å²) in [6, 6.07) is 4.85. The van der Waals surface area contributed by atoms with E-state index in [0.29, 0.717) is 5.75 Å². The van der Waals surface area contributed by atoms with Crippen molar-refractivity contribution in [2.24, 2.45) is 0 Å². The van der Waals surface area contributed by atoms with Crippen LogP contribution in [0.4, 0.5) is 0 Å². The number of esters is 1. The molecule has 1 aromatic carbocycles. The van der Waals surface area contributed by atoms with Gasteiger partial charge in [-0.15, -0.1) is 0 Å². The van der Waals surface area contributed by atoms with Crippen molar-refractivity contribution in [1.29, 1.82) is 0 Å². The normalized spacial score (nSPS) is 10.1. The molecule has 110 valence electrons. The molecule has 0 aliphatic carbocycles. The van der Waals surface area contributed by atoms with E-state index in [1.165, 1.54) is 14.2 Å². The zero-order chi connectivity index (χ0) is 15.1. The second-order valence-electron chi connectivity index (χ2n) is 4.34. The fourth-order valence-electron chi connectivity index (χ4n) is 1.62. The number of methoxy groups -OCH3 is 2. The van der Waals surface area contributed by atoms with Crippen molar-refractivity contribution in [2.75, 3.05) is 20.8 Å². The van der Waals surface area contributed by atoms with Gasteiger partial charge in [0.05, 0.1) is 14.2 Å². The van der Waals surface area contributed by atoms with Crippen LogP contribution in [0, 0.1) is 0 Å². The van der Waals surface area contributed by atoms with E-state index in [0.717, 1.165) is 0 Å². The molecule has 1 amide bonds. The van der Waals surface area contributed by atoms with Crippen LogP contribution in [0.15, 0.2) is 18.2 Å². The molecule has 6 heteroatoms. The maximum Gasteiger partial charge on any atom is 0.342 e. The summed E-state index contributed by atoms with van der Waals surface area (Å²) >= 11 is 0. The van der Waals surface area contributed by atoms with Gasteiger partial charge in [-0.2, -0.15) is 0 Å². The van der Waals surface area contributed by atoms with Crippen molar-refractivity contribution >= 4 is 11.9 Å². The van der Waals surface area contributed by atoms with E-state index in [1.807, 2.05) is 13.8 Å². The highest BCUT2D eigenvalue weighted by atomic mass is 16.5. The van der Waals surface area contributed by atoms with E-state index in [4.69, 9.17) is 14.2 Å². The molecule has 1 aromatic rings. The number of hydrogen-bond acceptors (Lipinski definition) is 5. The second-order valence-corrected chi connectivity index (χ2v) is 4.34. The van der Waals surface area contributed by atoms with Gasteiger partial charge in [0.15, 0.2) is 18.1 Å². The number of ether oxygens (including phenoxy) is 3. The third-order valence-electron chi connectivity index (χ3n) is 2.41. The first-order valence-corrected chi connectivity index (χ1v) is 6.17. The Labute approximate surface area is 118 Å². The highest BCUT2D eigenvalue weighted by molar-refractivity contribution is 5.94. The van der Waals surface area contributed by atoms with Crippen LogP contribution in [0.5, 0.6) is 11.5 Å². The lowest BCUT2D eigenvalue weighted by Crippen LogP contribution is -2.34. The first-order valence-electron chi connectivity index (χ1n) is 6.17. The fraction of sp³-hybridized carbons (Fsp3) is 0.429. The standard InChI is InChI=1S/C14H19NO5/c1-9(2)15-12(16)8-20-14(17)10-6-5-7-11(18-3)13(10)19-4/h5-7,9H,8H2,1-4H3,(H,15,16). The molecule has 0 radical (unpaired) electrons. The van der Waals surface area contributed by atoms with Crippen LogP contribution in [0.25, 0.3) is 0 Å². The van der Waals surface area contributed by atoms with Crippen LogP contribution in [-0.4, -0.2) is 38.7 Å². The van der Waals surface area contributed by atoms with Gasteiger partial charge in [-0.1, -0.05) is 6.07 Å². The molecule has 1 N–H and O–H groups in total. The zero-order valence-corrected chi connectivity index (χ0v) is 12.1. The van der Waals surface area contributed by atoms with Gasteiger partial charge < -0.3 is 19.5 Å². The lowest BCUT2D eigenvalue weighted by atomic mass is 10.2. The molecule has 0 atom stereocenters. The monoisotopic (exact) mass is 281 g/mol. The number of nitrogens with one attached hydrogen (secondary N) is 1. The molecule has 6 nitrogen and oxygen atoms in total. The molecular weight excluding hydrogens is 262 g/mol. The zero-order valence-electron chi connectivity index (χ0n) is 12.1. The quantitative estimate of drug-likeness (QED) is 0.797. The molecule has 0 aromatic heterocycles. The largest absolute Gasteiger partial charge is 0.493 e. The Bertz CT molecular complexity index is 484. The minimum Gasteiger partial charge on any atom is -0.493 e. The highest BCUT2D eigenvalue weighted by Gasteiger charge is 2.18.